The van der Waals surface area contributed by atoms with E-state index in [1.165, 1.54) is 26.4 Å². The first kappa shape index (κ1) is 18.0. The van der Waals surface area contributed by atoms with Crippen molar-refractivity contribution >= 4 is 33.7 Å². The van der Waals surface area contributed by atoms with Gasteiger partial charge in [0.05, 0.1) is 25.2 Å². The van der Waals surface area contributed by atoms with Crippen molar-refractivity contribution in [2.24, 2.45) is 0 Å². The Morgan fingerprint density at radius 3 is 2.33 bits per heavy atom. The molecule has 1 unspecified atom stereocenters. The molecule has 150 valence electrons. The summed E-state index contributed by atoms with van der Waals surface area (Å²) < 4.78 is 27.0. The lowest BCUT2D eigenvalue weighted by Crippen LogP contribution is -2.31. The lowest BCUT2D eigenvalue weighted by molar-refractivity contribution is -0.135. The standard InChI is InChI=1S/C22H14O8/c1-26-13-7-3-5-10-17(23)16(22(25)30-19(10)13)15-9-12-18(28-15)11-6-4-8-14(27-2)20(11)29-21(12)24/h3-9,16H,1-2H3. The van der Waals surface area contributed by atoms with Crippen LogP contribution in [-0.4, -0.2) is 26.0 Å². The number of para-hydroxylation sites is 2. The second-order valence-corrected chi connectivity index (χ2v) is 6.67. The third kappa shape index (κ3) is 2.43. The van der Waals surface area contributed by atoms with Crippen LogP contribution in [0.25, 0.3) is 21.9 Å². The number of benzene rings is 2. The minimum Gasteiger partial charge on any atom is -0.493 e. The molecule has 2 aromatic heterocycles. The highest BCUT2D eigenvalue weighted by Crippen LogP contribution is 2.41. The fourth-order valence-corrected chi connectivity index (χ4v) is 3.66. The smallest absolute Gasteiger partial charge is 0.347 e. The highest BCUT2D eigenvalue weighted by Gasteiger charge is 2.41. The van der Waals surface area contributed by atoms with Gasteiger partial charge in [-0.25, -0.2) is 4.79 Å². The summed E-state index contributed by atoms with van der Waals surface area (Å²) in [6, 6.07) is 11.1. The number of carbonyl (C=O) groups is 2. The predicted octanol–water partition coefficient (Wildman–Crippen LogP) is 3.44. The maximum atomic E-state index is 13.1. The van der Waals surface area contributed by atoms with Gasteiger partial charge in [0, 0.05) is 0 Å². The van der Waals surface area contributed by atoms with E-state index >= 15 is 0 Å². The van der Waals surface area contributed by atoms with Gasteiger partial charge < -0.3 is 23.0 Å². The zero-order valence-corrected chi connectivity index (χ0v) is 15.9. The molecule has 0 spiro atoms. The van der Waals surface area contributed by atoms with E-state index in [2.05, 4.69) is 0 Å². The van der Waals surface area contributed by atoms with E-state index in [4.69, 9.17) is 23.0 Å². The first-order valence-corrected chi connectivity index (χ1v) is 8.99. The number of ether oxygens (including phenoxy) is 3. The molecule has 1 atom stereocenters. The molecule has 1 aliphatic rings. The van der Waals surface area contributed by atoms with E-state index in [0.717, 1.165) is 0 Å². The highest BCUT2D eigenvalue weighted by atomic mass is 16.6. The molecule has 0 saturated carbocycles. The van der Waals surface area contributed by atoms with Crippen LogP contribution in [-0.2, 0) is 4.79 Å². The number of rotatable bonds is 3. The van der Waals surface area contributed by atoms with E-state index in [1.54, 1.807) is 30.3 Å². The minimum atomic E-state index is -1.35. The van der Waals surface area contributed by atoms with Crippen molar-refractivity contribution in [3.05, 3.63) is 64.2 Å². The third-order valence-corrected chi connectivity index (χ3v) is 5.06. The molecular weight excluding hydrogens is 392 g/mol. The molecule has 5 rings (SSSR count). The zero-order valence-electron chi connectivity index (χ0n) is 15.9. The van der Waals surface area contributed by atoms with Gasteiger partial charge in [-0.05, 0) is 30.3 Å². The molecule has 2 aromatic carbocycles. The lowest BCUT2D eigenvalue weighted by atomic mass is 9.92. The molecule has 0 N–H and O–H groups in total. The number of carbonyl (C=O) groups excluding carboxylic acids is 2. The van der Waals surface area contributed by atoms with Crippen molar-refractivity contribution < 1.29 is 32.6 Å². The Labute approximate surface area is 168 Å². The van der Waals surface area contributed by atoms with Gasteiger partial charge in [-0.2, -0.15) is 0 Å². The summed E-state index contributed by atoms with van der Waals surface area (Å²) in [6.45, 7) is 0. The number of Topliss-reactive ketones (excluding diaryl/α,β-unsaturated/α-hetero) is 1. The van der Waals surface area contributed by atoms with Gasteiger partial charge in [0.15, 0.2) is 40.1 Å². The Bertz CT molecular complexity index is 1410. The summed E-state index contributed by atoms with van der Waals surface area (Å²) in [4.78, 5) is 38.3. The van der Waals surface area contributed by atoms with Crippen molar-refractivity contribution in [3.63, 3.8) is 0 Å². The number of fused-ring (bicyclic) bond motifs is 4. The molecule has 0 fully saturated rings. The van der Waals surface area contributed by atoms with Crippen LogP contribution < -0.4 is 19.8 Å². The molecule has 30 heavy (non-hydrogen) atoms. The van der Waals surface area contributed by atoms with Crippen LogP contribution in [0.15, 0.2) is 56.1 Å². The Balaban J connectivity index is 1.71. The first-order valence-electron chi connectivity index (χ1n) is 8.99. The Morgan fingerprint density at radius 1 is 0.833 bits per heavy atom. The number of hydrogen-bond donors (Lipinski definition) is 0. The van der Waals surface area contributed by atoms with Gasteiger partial charge >= 0.3 is 11.6 Å². The van der Waals surface area contributed by atoms with Crippen molar-refractivity contribution in [3.8, 4) is 17.2 Å². The van der Waals surface area contributed by atoms with Crippen molar-refractivity contribution in [1.29, 1.82) is 0 Å². The monoisotopic (exact) mass is 406 g/mol. The molecular formula is C22H14O8. The second-order valence-electron chi connectivity index (χ2n) is 6.67. The lowest BCUT2D eigenvalue weighted by Gasteiger charge is -2.22. The average Bonchev–Trinajstić information content (AvgIpc) is 3.19. The topological polar surface area (TPSA) is 105 Å². The summed E-state index contributed by atoms with van der Waals surface area (Å²) in [5.41, 5.74) is -0.0631. The van der Waals surface area contributed by atoms with Gasteiger partial charge in [0.2, 0.25) is 0 Å². The van der Waals surface area contributed by atoms with Gasteiger partial charge in [0.25, 0.3) is 0 Å². The van der Waals surface area contributed by atoms with Crippen LogP contribution in [0, 0.1) is 0 Å². The fraction of sp³-hybridized carbons (Fsp3) is 0.136. The molecule has 0 radical (unpaired) electrons. The van der Waals surface area contributed by atoms with Crippen LogP contribution in [0.4, 0.5) is 0 Å². The van der Waals surface area contributed by atoms with Crippen LogP contribution in [0.5, 0.6) is 17.2 Å². The Morgan fingerprint density at radius 2 is 1.57 bits per heavy atom. The molecule has 0 aliphatic carbocycles. The molecule has 4 aromatic rings. The maximum absolute atomic E-state index is 13.1. The van der Waals surface area contributed by atoms with Crippen LogP contribution in [0.2, 0.25) is 0 Å². The third-order valence-electron chi connectivity index (χ3n) is 5.06. The SMILES string of the molecule is COc1cccc2c1OC(=O)C(c1cc3c(=O)oc4c(OC)cccc4c3o1)C2=O. The fourth-order valence-electron chi connectivity index (χ4n) is 3.66. The van der Waals surface area contributed by atoms with Crippen molar-refractivity contribution in [1.82, 2.24) is 0 Å². The van der Waals surface area contributed by atoms with Crippen LogP contribution in [0.1, 0.15) is 22.0 Å². The molecule has 0 amide bonds. The number of ketones is 1. The van der Waals surface area contributed by atoms with E-state index < -0.39 is 23.3 Å². The quantitative estimate of drug-likeness (QED) is 0.221. The number of methoxy groups -OCH3 is 2. The summed E-state index contributed by atoms with van der Waals surface area (Å²) in [5.74, 6) is -1.98. The van der Waals surface area contributed by atoms with Gasteiger partial charge in [0.1, 0.15) is 11.1 Å². The summed E-state index contributed by atoms with van der Waals surface area (Å²) in [6.07, 6.45) is 0. The van der Waals surface area contributed by atoms with E-state index in [9.17, 15) is 14.4 Å². The molecule has 1 aliphatic heterocycles. The van der Waals surface area contributed by atoms with Crippen LogP contribution >= 0.6 is 0 Å². The number of furan rings is 1. The molecule has 0 bridgehead atoms. The number of hydrogen-bond acceptors (Lipinski definition) is 8. The average molecular weight is 406 g/mol. The number of esters is 1. The first-order chi connectivity index (χ1) is 14.5. The van der Waals surface area contributed by atoms with E-state index in [-0.39, 0.29) is 39.4 Å². The molecule has 3 heterocycles. The Hall–Kier alpha value is -4.07. The van der Waals surface area contributed by atoms with Gasteiger partial charge in [-0.1, -0.05) is 12.1 Å². The molecule has 8 nitrogen and oxygen atoms in total. The molecule has 0 saturated heterocycles. The predicted molar refractivity (Wildman–Crippen MR) is 105 cm³/mol. The summed E-state index contributed by atoms with van der Waals surface area (Å²) in [5, 5.41) is 0.594. The largest absolute Gasteiger partial charge is 0.493 e. The van der Waals surface area contributed by atoms with Gasteiger partial charge in [-0.15, -0.1) is 0 Å². The normalized spacial score (nSPS) is 15.9. The Kier molecular flexibility index (Phi) is 3.89. The van der Waals surface area contributed by atoms with E-state index in [0.29, 0.717) is 11.1 Å². The van der Waals surface area contributed by atoms with Crippen LogP contribution in [0.3, 0.4) is 0 Å². The minimum absolute atomic E-state index is 0.00362. The maximum Gasteiger partial charge on any atom is 0.347 e. The van der Waals surface area contributed by atoms with Crippen molar-refractivity contribution in [2.75, 3.05) is 14.2 Å². The van der Waals surface area contributed by atoms with Gasteiger partial charge in [-0.3, -0.25) is 9.59 Å². The summed E-state index contributed by atoms with van der Waals surface area (Å²) >= 11 is 0. The second kappa shape index (κ2) is 6.48. The zero-order chi connectivity index (χ0) is 21.0. The highest BCUT2D eigenvalue weighted by molar-refractivity contribution is 6.18. The van der Waals surface area contributed by atoms with Crippen molar-refractivity contribution in [2.45, 2.75) is 5.92 Å². The molecule has 8 heteroatoms. The summed E-state index contributed by atoms with van der Waals surface area (Å²) in [7, 11) is 2.87. The van der Waals surface area contributed by atoms with E-state index in [1.807, 2.05) is 0 Å².